The molecule has 1 nitrogen and oxygen atoms in total. The zero-order valence-corrected chi connectivity index (χ0v) is 12.3. The van der Waals surface area contributed by atoms with Gasteiger partial charge in [0.15, 0.2) is 0 Å². The molecule has 1 unspecified atom stereocenters. The van der Waals surface area contributed by atoms with E-state index in [4.69, 9.17) is 0 Å². The van der Waals surface area contributed by atoms with Crippen molar-refractivity contribution in [1.29, 1.82) is 0 Å². The highest BCUT2D eigenvalue weighted by Crippen LogP contribution is 2.19. The van der Waals surface area contributed by atoms with Gasteiger partial charge in [-0.05, 0) is 56.3 Å². The van der Waals surface area contributed by atoms with Gasteiger partial charge in [-0.15, -0.1) is 0 Å². The third kappa shape index (κ3) is 5.68. The molecule has 0 heterocycles. The number of aryl methyl sites for hydroxylation is 1. The molecule has 0 radical (unpaired) electrons. The van der Waals surface area contributed by atoms with E-state index >= 15 is 0 Å². The topological polar surface area (TPSA) is 12.0 Å². The Hall–Kier alpha value is -0.820. The van der Waals surface area contributed by atoms with Crippen LogP contribution in [-0.4, -0.2) is 13.6 Å². The van der Waals surface area contributed by atoms with Crippen molar-refractivity contribution < 1.29 is 0 Å². The van der Waals surface area contributed by atoms with E-state index < -0.39 is 0 Å². The van der Waals surface area contributed by atoms with Crippen molar-refractivity contribution in [3.8, 4) is 0 Å². The van der Waals surface area contributed by atoms with Gasteiger partial charge in [0, 0.05) is 0 Å². The molecule has 1 atom stereocenters. The zero-order valence-electron chi connectivity index (χ0n) is 12.3. The molecule has 0 aromatic heterocycles. The molecule has 1 aromatic carbocycles. The Balaban J connectivity index is 2.22. The third-order valence-corrected chi connectivity index (χ3v) is 3.80. The van der Waals surface area contributed by atoms with Crippen LogP contribution in [-0.2, 0) is 6.42 Å². The Labute approximate surface area is 113 Å². The Bertz CT molecular complexity index is 302. The lowest BCUT2D eigenvalue weighted by atomic mass is 9.96. The van der Waals surface area contributed by atoms with Gasteiger partial charge in [0.25, 0.3) is 0 Å². The second-order valence-electron chi connectivity index (χ2n) is 5.32. The molecule has 0 aliphatic carbocycles. The predicted molar refractivity (Wildman–Crippen MR) is 81.2 cm³/mol. The van der Waals surface area contributed by atoms with Gasteiger partial charge in [-0.1, -0.05) is 51.0 Å². The van der Waals surface area contributed by atoms with Gasteiger partial charge in [0.05, 0.1) is 0 Å². The molecule has 0 saturated heterocycles. The smallest absolute Gasteiger partial charge is 0.00519 e. The van der Waals surface area contributed by atoms with Gasteiger partial charge < -0.3 is 5.32 Å². The van der Waals surface area contributed by atoms with E-state index in [0.717, 1.165) is 6.54 Å². The molecule has 0 fully saturated rings. The summed E-state index contributed by atoms with van der Waals surface area (Å²) in [7, 11) is 2.03. The highest BCUT2D eigenvalue weighted by atomic mass is 14.8. The summed E-state index contributed by atoms with van der Waals surface area (Å²) in [5.74, 6) is 0.695. The van der Waals surface area contributed by atoms with Gasteiger partial charge in [0.2, 0.25) is 0 Å². The van der Waals surface area contributed by atoms with E-state index in [0.29, 0.717) is 5.92 Å². The Morgan fingerprint density at radius 3 is 2.28 bits per heavy atom. The largest absolute Gasteiger partial charge is 0.320 e. The lowest BCUT2D eigenvalue weighted by molar-refractivity contribution is 0.616. The molecule has 1 heteroatoms. The van der Waals surface area contributed by atoms with Crippen molar-refractivity contribution in [2.45, 2.75) is 58.3 Å². The molecular weight excluding hydrogens is 218 g/mol. The van der Waals surface area contributed by atoms with Gasteiger partial charge in [-0.2, -0.15) is 0 Å². The first-order valence-corrected chi connectivity index (χ1v) is 7.51. The monoisotopic (exact) mass is 247 g/mol. The SMILES string of the molecule is CCC(C)c1ccc(CCCCCCNC)cc1. The maximum Gasteiger partial charge on any atom is -0.00519 e. The summed E-state index contributed by atoms with van der Waals surface area (Å²) in [5, 5.41) is 3.20. The fraction of sp³-hybridized carbons (Fsp3) is 0.647. The van der Waals surface area contributed by atoms with Gasteiger partial charge in [-0.3, -0.25) is 0 Å². The molecule has 0 aliphatic heterocycles. The van der Waals surface area contributed by atoms with E-state index in [9.17, 15) is 0 Å². The minimum absolute atomic E-state index is 0.695. The van der Waals surface area contributed by atoms with Crippen LogP contribution in [0.5, 0.6) is 0 Å². The van der Waals surface area contributed by atoms with E-state index in [-0.39, 0.29) is 0 Å². The average Bonchev–Trinajstić information content (AvgIpc) is 2.42. The normalized spacial score (nSPS) is 12.6. The van der Waals surface area contributed by atoms with Crippen molar-refractivity contribution >= 4 is 0 Å². The van der Waals surface area contributed by atoms with Crippen molar-refractivity contribution in [2.24, 2.45) is 0 Å². The molecule has 0 bridgehead atoms. The summed E-state index contributed by atoms with van der Waals surface area (Å²) in [4.78, 5) is 0. The molecule has 18 heavy (non-hydrogen) atoms. The molecule has 1 N–H and O–H groups in total. The molecular formula is C17H29N. The molecule has 1 rings (SSSR count). The molecule has 0 aliphatic rings. The Kier molecular flexibility index (Phi) is 7.75. The summed E-state index contributed by atoms with van der Waals surface area (Å²) in [5.41, 5.74) is 2.98. The highest BCUT2D eigenvalue weighted by Gasteiger charge is 2.02. The van der Waals surface area contributed by atoms with Gasteiger partial charge >= 0.3 is 0 Å². The van der Waals surface area contributed by atoms with Crippen LogP contribution in [0.15, 0.2) is 24.3 Å². The number of benzene rings is 1. The van der Waals surface area contributed by atoms with Crippen LogP contribution < -0.4 is 5.32 Å². The van der Waals surface area contributed by atoms with Crippen molar-refractivity contribution in [3.63, 3.8) is 0 Å². The maximum atomic E-state index is 3.20. The molecule has 0 spiro atoms. The number of hydrogen-bond acceptors (Lipinski definition) is 1. The zero-order chi connectivity index (χ0) is 13.2. The molecule has 0 amide bonds. The number of hydrogen-bond donors (Lipinski definition) is 1. The van der Waals surface area contributed by atoms with Gasteiger partial charge in [0.1, 0.15) is 0 Å². The first-order valence-electron chi connectivity index (χ1n) is 7.51. The Morgan fingerprint density at radius 2 is 1.67 bits per heavy atom. The van der Waals surface area contributed by atoms with Crippen LogP contribution in [0, 0.1) is 0 Å². The van der Waals surface area contributed by atoms with Crippen molar-refractivity contribution in [1.82, 2.24) is 5.32 Å². The molecule has 102 valence electrons. The molecule has 1 aromatic rings. The van der Waals surface area contributed by atoms with E-state index in [1.165, 1.54) is 49.7 Å². The minimum Gasteiger partial charge on any atom is -0.320 e. The second-order valence-corrected chi connectivity index (χ2v) is 5.32. The van der Waals surface area contributed by atoms with E-state index in [1.807, 2.05) is 7.05 Å². The highest BCUT2D eigenvalue weighted by molar-refractivity contribution is 5.25. The van der Waals surface area contributed by atoms with Crippen LogP contribution in [0.25, 0.3) is 0 Å². The average molecular weight is 247 g/mol. The number of nitrogens with one attached hydrogen (secondary N) is 1. The predicted octanol–water partition coefficient (Wildman–Crippen LogP) is 4.52. The van der Waals surface area contributed by atoms with Crippen LogP contribution >= 0.6 is 0 Å². The number of unbranched alkanes of at least 4 members (excludes halogenated alkanes) is 3. The van der Waals surface area contributed by atoms with Crippen LogP contribution in [0.2, 0.25) is 0 Å². The fourth-order valence-corrected chi connectivity index (χ4v) is 2.23. The number of rotatable bonds is 9. The minimum atomic E-state index is 0.695. The first kappa shape index (κ1) is 15.2. The second kappa shape index (κ2) is 9.16. The van der Waals surface area contributed by atoms with Crippen LogP contribution in [0.1, 0.15) is 63.0 Å². The van der Waals surface area contributed by atoms with Gasteiger partial charge in [-0.25, -0.2) is 0 Å². The summed E-state index contributed by atoms with van der Waals surface area (Å²) in [6.45, 7) is 5.71. The van der Waals surface area contributed by atoms with E-state index in [1.54, 1.807) is 0 Å². The van der Waals surface area contributed by atoms with Crippen LogP contribution in [0.3, 0.4) is 0 Å². The summed E-state index contributed by atoms with van der Waals surface area (Å²) in [6, 6.07) is 9.25. The van der Waals surface area contributed by atoms with E-state index in [2.05, 4.69) is 43.4 Å². The van der Waals surface area contributed by atoms with Crippen LogP contribution in [0.4, 0.5) is 0 Å². The first-order chi connectivity index (χ1) is 8.77. The lowest BCUT2D eigenvalue weighted by Gasteiger charge is -2.09. The lowest BCUT2D eigenvalue weighted by Crippen LogP contribution is -2.06. The summed E-state index contributed by atoms with van der Waals surface area (Å²) < 4.78 is 0. The standard InChI is InChI=1S/C17H29N/c1-4-15(2)17-12-10-16(11-13-17)9-7-5-6-8-14-18-3/h10-13,15,18H,4-9,14H2,1-3H3. The summed E-state index contributed by atoms with van der Waals surface area (Å²) >= 11 is 0. The fourth-order valence-electron chi connectivity index (χ4n) is 2.23. The van der Waals surface area contributed by atoms with Crippen molar-refractivity contribution in [2.75, 3.05) is 13.6 Å². The van der Waals surface area contributed by atoms with Crippen molar-refractivity contribution in [3.05, 3.63) is 35.4 Å². The summed E-state index contributed by atoms with van der Waals surface area (Å²) in [6.07, 6.45) is 7.81. The Morgan fingerprint density at radius 1 is 1.00 bits per heavy atom. The quantitative estimate of drug-likeness (QED) is 0.633. The third-order valence-electron chi connectivity index (χ3n) is 3.80. The maximum absolute atomic E-state index is 3.20. The molecule has 0 saturated carbocycles.